The van der Waals surface area contributed by atoms with E-state index in [9.17, 15) is 18.0 Å². The zero-order chi connectivity index (χ0) is 15.6. The standard InChI is InChI=1S/C14H17NO5S/c1-21(19,20)12-4-2-3-11(8-12)14(18)15-6-5-10(9-15)7-13(16)17/h2-4,8,10H,5-7,9H2,1H3,(H,16,17). The van der Waals surface area contributed by atoms with Crippen molar-refractivity contribution in [1.82, 2.24) is 4.90 Å². The van der Waals surface area contributed by atoms with Gasteiger partial charge in [-0.1, -0.05) is 6.07 Å². The lowest BCUT2D eigenvalue weighted by molar-refractivity contribution is -0.138. The van der Waals surface area contributed by atoms with Gasteiger partial charge in [-0.25, -0.2) is 8.42 Å². The van der Waals surface area contributed by atoms with Crippen LogP contribution in [-0.2, 0) is 14.6 Å². The molecule has 21 heavy (non-hydrogen) atoms. The number of hydrogen-bond acceptors (Lipinski definition) is 4. The maximum atomic E-state index is 12.3. The van der Waals surface area contributed by atoms with Crippen molar-refractivity contribution in [2.45, 2.75) is 17.7 Å². The van der Waals surface area contributed by atoms with Crippen LogP contribution in [0.1, 0.15) is 23.2 Å². The predicted octanol–water partition coefficient (Wildman–Crippen LogP) is 1.03. The van der Waals surface area contributed by atoms with E-state index in [1.165, 1.54) is 18.2 Å². The Balaban J connectivity index is 2.13. The van der Waals surface area contributed by atoms with Crippen LogP contribution in [0.4, 0.5) is 0 Å². The van der Waals surface area contributed by atoms with Crippen LogP contribution in [0.25, 0.3) is 0 Å². The average molecular weight is 311 g/mol. The van der Waals surface area contributed by atoms with E-state index in [0.29, 0.717) is 25.1 Å². The molecule has 1 amide bonds. The van der Waals surface area contributed by atoms with Crippen LogP contribution in [0, 0.1) is 5.92 Å². The third kappa shape index (κ3) is 3.81. The first-order valence-corrected chi connectivity index (χ1v) is 8.47. The second-order valence-electron chi connectivity index (χ2n) is 5.30. The van der Waals surface area contributed by atoms with Gasteiger partial charge < -0.3 is 10.0 Å². The Bertz CT molecular complexity index is 668. The van der Waals surface area contributed by atoms with Crippen molar-refractivity contribution in [1.29, 1.82) is 0 Å². The van der Waals surface area contributed by atoms with Gasteiger partial charge in [0, 0.05) is 31.3 Å². The Kier molecular flexibility index (Phi) is 4.32. The zero-order valence-corrected chi connectivity index (χ0v) is 12.5. The van der Waals surface area contributed by atoms with Gasteiger partial charge in [0.15, 0.2) is 9.84 Å². The van der Waals surface area contributed by atoms with Crippen molar-refractivity contribution in [2.75, 3.05) is 19.3 Å². The number of rotatable bonds is 4. The summed E-state index contributed by atoms with van der Waals surface area (Å²) in [7, 11) is -3.36. The molecule has 1 fully saturated rings. The Morgan fingerprint density at radius 1 is 1.38 bits per heavy atom. The van der Waals surface area contributed by atoms with Gasteiger partial charge in [-0.3, -0.25) is 9.59 Å². The van der Waals surface area contributed by atoms with E-state index in [1.807, 2.05) is 0 Å². The molecule has 7 heteroatoms. The monoisotopic (exact) mass is 311 g/mol. The Morgan fingerprint density at radius 3 is 2.71 bits per heavy atom. The quantitative estimate of drug-likeness (QED) is 0.896. The number of benzene rings is 1. The van der Waals surface area contributed by atoms with E-state index in [1.54, 1.807) is 11.0 Å². The molecule has 1 unspecified atom stereocenters. The summed E-state index contributed by atoms with van der Waals surface area (Å²) < 4.78 is 23.0. The highest BCUT2D eigenvalue weighted by atomic mass is 32.2. The number of likely N-dealkylation sites (tertiary alicyclic amines) is 1. The smallest absolute Gasteiger partial charge is 0.303 e. The number of hydrogen-bond donors (Lipinski definition) is 1. The van der Waals surface area contributed by atoms with Crippen molar-refractivity contribution in [3.63, 3.8) is 0 Å². The van der Waals surface area contributed by atoms with Crippen molar-refractivity contribution in [3.8, 4) is 0 Å². The van der Waals surface area contributed by atoms with Gasteiger partial charge in [0.2, 0.25) is 0 Å². The maximum Gasteiger partial charge on any atom is 0.303 e. The molecule has 1 aromatic carbocycles. The summed E-state index contributed by atoms with van der Waals surface area (Å²) in [5.74, 6) is -1.16. The summed E-state index contributed by atoms with van der Waals surface area (Å²) in [6.45, 7) is 0.897. The largest absolute Gasteiger partial charge is 0.481 e. The molecule has 1 saturated heterocycles. The van der Waals surface area contributed by atoms with Crippen molar-refractivity contribution in [2.24, 2.45) is 5.92 Å². The molecule has 0 aromatic heterocycles. The average Bonchev–Trinajstić information content (AvgIpc) is 2.84. The molecule has 2 rings (SSSR count). The molecular formula is C14H17NO5S. The first kappa shape index (κ1) is 15.5. The predicted molar refractivity (Wildman–Crippen MR) is 75.8 cm³/mol. The van der Waals surface area contributed by atoms with Crippen LogP contribution in [0.2, 0.25) is 0 Å². The molecule has 1 atom stereocenters. The van der Waals surface area contributed by atoms with Crippen molar-refractivity contribution < 1.29 is 23.1 Å². The van der Waals surface area contributed by atoms with Gasteiger partial charge in [0.05, 0.1) is 4.90 Å². The molecular weight excluding hydrogens is 294 g/mol. The molecule has 0 bridgehead atoms. The van der Waals surface area contributed by atoms with Crippen LogP contribution in [0.15, 0.2) is 29.2 Å². The molecule has 0 aliphatic carbocycles. The summed E-state index contributed by atoms with van der Waals surface area (Å²) >= 11 is 0. The molecule has 1 heterocycles. The van der Waals surface area contributed by atoms with Gasteiger partial charge in [-0.15, -0.1) is 0 Å². The fourth-order valence-electron chi connectivity index (χ4n) is 2.47. The van der Waals surface area contributed by atoms with Crippen molar-refractivity contribution >= 4 is 21.7 Å². The summed E-state index contributed by atoms with van der Waals surface area (Å²) in [5, 5.41) is 8.77. The molecule has 0 radical (unpaired) electrons. The number of amides is 1. The number of carbonyl (C=O) groups is 2. The Hall–Kier alpha value is -1.89. The van der Waals surface area contributed by atoms with Crippen LogP contribution in [0.3, 0.4) is 0 Å². The van der Waals surface area contributed by atoms with Gasteiger partial charge in [-0.05, 0) is 30.5 Å². The topological polar surface area (TPSA) is 91.8 Å². The fourth-order valence-corrected chi connectivity index (χ4v) is 3.14. The lowest BCUT2D eigenvalue weighted by atomic mass is 10.1. The third-order valence-electron chi connectivity index (χ3n) is 3.55. The van der Waals surface area contributed by atoms with Crippen LogP contribution in [-0.4, -0.2) is 49.6 Å². The number of carboxylic acids is 1. The highest BCUT2D eigenvalue weighted by Gasteiger charge is 2.28. The second kappa shape index (κ2) is 5.85. The normalized spacial score (nSPS) is 18.7. The summed E-state index contributed by atoms with van der Waals surface area (Å²) in [5.41, 5.74) is 0.314. The molecule has 1 aliphatic rings. The summed E-state index contributed by atoms with van der Waals surface area (Å²) in [6.07, 6.45) is 1.80. The first-order chi connectivity index (χ1) is 9.77. The minimum Gasteiger partial charge on any atom is -0.481 e. The number of nitrogens with zero attached hydrogens (tertiary/aromatic N) is 1. The van der Waals surface area contributed by atoms with E-state index in [4.69, 9.17) is 5.11 Å². The van der Waals surface area contributed by atoms with Gasteiger partial charge in [-0.2, -0.15) is 0 Å². The lowest BCUT2D eigenvalue weighted by Crippen LogP contribution is -2.29. The Labute approximate surface area is 123 Å². The van der Waals surface area contributed by atoms with Crippen molar-refractivity contribution in [3.05, 3.63) is 29.8 Å². The highest BCUT2D eigenvalue weighted by Crippen LogP contribution is 2.22. The number of carbonyl (C=O) groups excluding carboxylic acids is 1. The molecule has 1 aromatic rings. The minimum absolute atomic E-state index is 0.0375. The van der Waals surface area contributed by atoms with Crippen LogP contribution >= 0.6 is 0 Å². The lowest BCUT2D eigenvalue weighted by Gasteiger charge is -2.16. The molecule has 0 saturated carbocycles. The SMILES string of the molecule is CS(=O)(=O)c1cccc(C(=O)N2CCC(CC(=O)O)C2)c1. The highest BCUT2D eigenvalue weighted by molar-refractivity contribution is 7.90. The zero-order valence-electron chi connectivity index (χ0n) is 11.7. The van der Waals surface area contributed by atoms with E-state index in [2.05, 4.69) is 0 Å². The summed E-state index contributed by atoms with van der Waals surface area (Å²) in [6, 6.07) is 5.92. The molecule has 6 nitrogen and oxygen atoms in total. The molecule has 114 valence electrons. The Morgan fingerprint density at radius 2 is 2.10 bits per heavy atom. The minimum atomic E-state index is -3.36. The van der Waals surface area contributed by atoms with Crippen LogP contribution < -0.4 is 0 Å². The van der Waals surface area contributed by atoms with E-state index < -0.39 is 15.8 Å². The second-order valence-corrected chi connectivity index (χ2v) is 7.32. The maximum absolute atomic E-state index is 12.3. The molecule has 0 spiro atoms. The van der Waals surface area contributed by atoms with E-state index in [0.717, 1.165) is 6.26 Å². The third-order valence-corrected chi connectivity index (χ3v) is 4.66. The van der Waals surface area contributed by atoms with Gasteiger partial charge >= 0.3 is 5.97 Å². The summed E-state index contributed by atoms with van der Waals surface area (Å²) in [4.78, 5) is 24.7. The number of sulfone groups is 1. The van der Waals surface area contributed by atoms with Crippen LogP contribution in [0.5, 0.6) is 0 Å². The van der Waals surface area contributed by atoms with Gasteiger partial charge in [0.1, 0.15) is 0 Å². The fraction of sp³-hybridized carbons (Fsp3) is 0.429. The van der Waals surface area contributed by atoms with Gasteiger partial charge in [0.25, 0.3) is 5.91 Å². The molecule has 1 aliphatic heterocycles. The van der Waals surface area contributed by atoms with E-state index in [-0.39, 0.29) is 23.1 Å². The first-order valence-electron chi connectivity index (χ1n) is 6.58. The van der Waals surface area contributed by atoms with E-state index >= 15 is 0 Å². The molecule has 1 N–H and O–H groups in total. The number of carboxylic acid groups (broad SMARTS) is 1. The number of aliphatic carboxylic acids is 1.